The predicted molar refractivity (Wildman–Crippen MR) is 66.8 cm³/mol. The first-order valence-corrected chi connectivity index (χ1v) is 8.20. The highest BCUT2D eigenvalue weighted by molar-refractivity contribution is 6.35. The van der Waals surface area contributed by atoms with E-state index in [0.717, 1.165) is 11.7 Å². The molecule has 0 saturated heterocycles. The number of aryl methyl sites for hydroxylation is 1. The van der Waals surface area contributed by atoms with Crippen molar-refractivity contribution in [2.75, 3.05) is 0 Å². The van der Waals surface area contributed by atoms with Crippen molar-refractivity contribution < 1.29 is 13.2 Å². The highest BCUT2D eigenvalue weighted by atomic mass is 27.1. The summed E-state index contributed by atoms with van der Waals surface area (Å²) in [5.74, 6) is 0. The van der Waals surface area contributed by atoms with E-state index in [0.29, 0.717) is 12.0 Å². The summed E-state index contributed by atoms with van der Waals surface area (Å²) < 4.78 is 38.1. The highest BCUT2D eigenvalue weighted by Gasteiger charge is 2.32. The van der Waals surface area contributed by atoms with Gasteiger partial charge in [0, 0.05) is 0 Å². The van der Waals surface area contributed by atoms with Gasteiger partial charge in [-0.3, -0.25) is 0 Å². The zero-order valence-electron chi connectivity index (χ0n) is 10.2. The van der Waals surface area contributed by atoms with Crippen LogP contribution in [-0.2, 0) is 12.6 Å². The molecule has 0 aliphatic carbocycles. The van der Waals surface area contributed by atoms with E-state index >= 15 is 0 Å². The summed E-state index contributed by atoms with van der Waals surface area (Å²) in [6.45, 7) is 2.16. The molecule has 0 radical (unpaired) electrons. The third kappa shape index (κ3) is 5.14. The van der Waals surface area contributed by atoms with Crippen LogP contribution in [0.1, 0.15) is 30.9 Å². The minimum atomic E-state index is -4.21. The average molecular weight is 258 g/mol. The zero-order chi connectivity index (χ0) is 12.7. The van der Waals surface area contributed by atoms with Crippen LogP contribution in [0.3, 0.4) is 0 Å². The molecule has 0 aromatic heterocycles. The fourth-order valence-electron chi connectivity index (χ4n) is 1.93. The normalized spacial score (nSPS) is 11.5. The predicted octanol–water partition coefficient (Wildman–Crippen LogP) is 4.32. The van der Waals surface area contributed by atoms with Gasteiger partial charge in [-0.1, -0.05) is 48.5 Å². The molecule has 0 N–H and O–H groups in total. The van der Waals surface area contributed by atoms with Crippen LogP contribution < -0.4 is 0 Å². The van der Waals surface area contributed by atoms with Crippen molar-refractivity contribution in [3.63, 3.8) is 0 Å². The Kier molecular flexibility index (Phi) is 6.08. The van der Waals surface area contributed by atoms with Crippen LogP contribution in [0.5, 0.6) is 0 Å². The molecule has 17 heavy (non-hydrogen) atoms. The Balaban J connectivity index is 2.53. The van der Waals surface area contributed by atoms with Crippen LogP contribution in [0.2, 0.25) is 10.6 Å². The van der Waals surface area contributed by atoms with E-state index in [1.54, 1.807) is 12.1 Å². The maximum atomic E-state index is 12.7. The summed E-state index contributed by atoms with van der Waals surface area (Å²) in [6, 6.07) is 5.93. The van der Waals surface area contributed by atoms with Gasteiger partial charge in [0.05, 0.1) is 5.56 Å². The molecule has 0 amide bonds. The lowest BCUT2D eigenvalue weighted by Gasteiger charge is -2.12. The van der Waals surface area contributed by atoms with E-state index in [4.69, 9.17) is 0 Å². The summed E-state index contributed by atoms with van der Waals surface area (Å²) in [5.41, 5.74) is -0.0114. The van der Waals surface area contributed by atoms with Gasteiger partial charge in [-0.2, -0.15) is 13.2 Å². The van der Waals surface area contributed by atoms with Crippen LogP contribution in [0.15, 0.2) is 24.3 Å². The molecule has 1 aromatic rings. The molecule has 0 saturated carbocycles. The molecular formula is C13H18AlF3. The minimum absolute atomic E-state index is 0.0323. The van der Waals surface area contributed by atoms with Gasteiger partial charge in [-0.15, -0.1) is 0 Å². The number of halogens is 3. The number of alkyl halides is 3. The Morgan fingerprint density at radius 3 is 2.47 bits per heavy atom. The van der Waals surface area contributed by atoms with E-state index < -0.39 is 11.7 Å². The third-order valence-electron chi connectivity index (χ3n) is 2.87. The topological polar surface area (TPSA) is 0 Å². The van der Waals surface area contributed by atoms with Gasteiger partial charge in [-0.05, 0) is 18.1 Å². The van der Waals surface area contributed by atoms with Crippen molar-refractivity contribution in [3.05, 3.63) is 35.4 Å². The minimum Gasteiger partial charge on any atom is -0.166 e. The fourth-order valence-corrected chi connectivity index (χ4v) is 3.39. The molecule has 94 valence electrons. The zero-order valence-corrected chi connectivity index (χ0v) is 11.6. The average Bonchev–Trinajstić information content (AvgIpc) is 2.28. The van der Waals surface area contributed by atoms with E-state index in [2.05, 4.69) is 6.92 Å². The standard InChI is InChI=1S/C10H10F3.C3H7.Al.H/c1-2-5-8-6-3-4-7-9(8)10(11,12)13;1-3-2;;/h3-4,6-7H,1-2,5H2;1,3H2,2H3;;. The second-order valence-electron chi connectivity index (χ2n) is 4.32. The maximum Gasteiger partial charge on any atom is 0.416 e. The molecule has 0 fully saturated rings. The van der Waals surface area contributed by atoms with Crippen LogP contribution in [0.4, 0.5) is 13.2 Å². The summed E-state index contributed by atoms with van der Waals surface area (Å²) in [7, 11) is 0. The SMILES string of the molecule is CC[CH2][AlH][CH2]CCc1ccccc1C(F)(F)F. The van der Waals surface area contributed by atoms with Crippen LogP contribution >= 0.6 is 0 Å². The molecule has 0 nitrogen and oxygen atoms in total. The highest BCUT2D eigenvalue weighted by Crippen LogP contribution is 2.32. The van der Waals surface area contributed by atoms with E-state index in [1.165, 1.54) is 23.8 Å². The van der Waals surface area contributed by atoms with Crippen LogP contribution in [0, 0.1) is 0 Å². The largest absolute Gasteiger partial charge is 0.416 e. The van der Waals surface area contributed by atoms with Gasteiger partial charge >= 0.3 is 6.18 Å². The molecule has 0 aliphatic rings. The van der Waals surface area contributed by atoms with Crippen molar-refractivity contribution in [2.24, 2.45) is 0 Å². The number of rotatable bonds is 6. The molecule has 0 heterocycles. The van der Waals surface area contributed by atoms with Gasteiger partial charge in [0.15, 0.2) is 0 Å². The first-order valence-electron chi connectivity index (χ1n) is 6.20. The Labute approximate surface area is 107 Å². The van der Waals surface area contributed by atoms with E-state index in [1.807, 2.05) is 0 Å². The second kappa shape index (κ2) is 7.08. The molecule has 0 bridgehead atoms. The number of benzene rings is 1. The quantitative estimate of drug-likeness (QED) is 0.526. The van der Waals surface area contributed by atoms with Gasteiger partial charge in [0.1, 0.15) is 0 Å². The molecule has 4 heteroatoms. The van der Waals surface area contributed by atoms with Gasteiger partial charge < -0.3 is 0 Å². The van der Waals surface area contributed by atoms with Gasteiger partial charge in [0.25, 0.3) is 0 Å². The van der Waals surface area contributed by atoms with Crippen molar-refractivity contribution in [3.8, 4) is 0 Å². The first-order chi connectivity index (χ1) is 8.05. The van der Waals surface area contributed by atoms with Crippen LogP contribution in [-0.4, -0.2) is 15.2 Å². The van der Waals surface area contributed by atoms with Crippen molar-refractivity contribution in [2.45, 2.75) is 42.9 Å². The molecule has 1 rings (SSSR count). The monoisotopic (exact) mass is 258 g/mol. The lowest BCUT2D eigenvalue weighted by Crippen LogP contribution is -2.09. The Hall–Kier alpha value is -0.458. The third-order valence-corrected chi connectivity index (χ3v) is 5.08. The second-order valence-corrected chi connectivity index (χ2v) is 6.44. The first kappa shape index (κ1) is 14.6. The molecule has 0 spiro atoms. The molecular weight excluding hydrogens is 240 g/mol. The van der Waals surface area contributed by atoms with Gasteiger partial charge in [-0.25, -0.2) is 0 Å². The molecule has 0 unspecified atom stereocenters. The lowest BCUT2D eigenvalue weighted by molar-refractivity contribution is -0.138. The van der Waals surface area contributed by atoms with E-state index in [9.17, 15) is 13.2 Å². The maximum absolute atomic E-state index is 12.7. The van der Waals surface area contributed by atoms with E-state index in [-0.39, 0.29) is 15.2 Å². The Morgan fingerprint density at radius 2 is 1.82 bits per heavy atom. The number of hydrogen-bond donors (Lipinski definition) is 0. The summed E-state index contributed by atoms with van der Waals surface area (Å²) >= 11 is -0.0323. The van der Waals surface area contributed by atoms with Crippen molar-refractivity contribution in [1.82, 2.24) is 0 Å². The summed E-state index contributed by atoms with van der Waals surface area (Å²) in [5, 5.41) is 2.46. The molecule has 0 aliphatic heterocycles. The Morgan fingerprint density at radius 1 is 1.12 bits per heavy atom. The summed E-state index contributed by atoms with van der Waals surface area (Å²) in [6.07, 6.45) is -1.53. The Bertz CT molecular complexity index is 334. The molecule has 0 atom stereocenters. The van der Waals surface area contributed by atoms with Crippen molar-refractivity contribution in [1.29, 1.82) is 0 Å². The summed E-state index contributed by atoms with van der Waals surface area (Å²) in [4.78, 5) is 0. The van der Waals surface area contributed by atoms with Crippen LogP contribution in [0.25, 0.3) is 0 Å². The smallest absolute Gasteiger partial charge is 0.166 e. The fraction of sp³-hybridized carbons (Fsp3) is 0.538. The molecule has 1 aromatic carbocycles. The van der Waals surface area contributed by atoms with Gasteiger partial charge in [0.2, 0.25) is 15.2 Å². The lowest BCUT2D eigenvalue weighted by atomic mass is 10.0. The van der Waals surface area contributed by atoms with Crippen molar-refractivity contribution >= 4 is 15.2 Å². The number of hydrogen-bond acceptors (Lipinski definition) is 0.